The van der Waals surface area contributed by atoms with Crippen molar-refractivity contribution in [2.24, 2.45) is 0 Å². The van der Waals surface area contributed by atoms with Crippen LogP contribution in [0.3, 0.4) is 0 Å². The fraction of sp³-hybridized carbons (Fsp3) is 0.250. The van der Waals surface area contributed by atoms with Crippen molar-refractivity contribution < 1.29 is 9.18 Å². The number of rotatable bonds is 6. The molecule has 0 aliphatic heterocycles. The molecule has 1 amide bonds. The normalized spacial score (nSPS) is 10.8. The van der Waals surface area contributed by atoms with Crippen molar-refractivity contribution in [3.8, 4) is 5.69 Å². The molecule has 0 saturated heterocycles. The zero-order valence-electron chi connectivity index (χ0n) is 13.1. The number of nitrogens with zero attached hydrogens (tertiary/aromatic N) is 4. The van der Waals surface area contributed by atoms with Gasteiger partial charge in [0.2, 0.25) is 5.13 Å². The van der Waals surface area contributed by atoms with Gasteiger partial charge in [0.05, 0.1) is 5.69 Å². The molecule has 1 aromatic carbocycles. The number of carbonyl (C=O) groups excluding carboxylic acids is 1. The van der Waals surface area contributed by atoms with Gasteiger partial charge in [-0.1, -0.05) is 24.7 Å². The van der Waals surface area contributed by atoms with E-state index in [1.165, 1.54) is 28.2 Å². The van der Waals surface area contributed by atoms with Crippen LogP contribution in [0.4, 0.5) is 9.52 Å². The first-order valence-corrected chi connectivity index (χ1v) is 8.42. The SMILES string of the molecule is CCCCc1nnc(NC(=O)c2ccn(-c3ccc(F)cc3)n2)s1. The number of amides is 1. The highest BCUT2D eigenvalue weighted by Crippen LogP contribution is 2.18. The Hall–Kier alpha value is -2.61. The Bertz CT molecular complexity index is 827. The Balaban J connectivity index is 1.67. The Morgan fingerprint density at radius 3 is 2.79 bits per heavy atom. The standard InChI is InChI=1S/C16H16FN5OS/c1-2-3-4-14-19-20-16(24-14)18-15(23)13-9-10-22(21-13)12-7-5-11(17)6-8-12/h5-10H,2-4H2,1H3,(H,18,20,23). The molecule has 24 heavy (non-hydrogen) atoms. The minimum absolute atomic E-state index is 0.254. The molecular weight excluding hydrogens is 329 g/mol. The summed E-state index contributed by atoms with van der Waals surface area (Å²) in [6.45, 7) is 2.11. The molecule has 0 aliphatic rings. The summed E-state index contributed by atoms with van der Waals surface area (Å²) in [6.07, 6.45) is 4.64. The second-order valence-corrected chi connectivity index (χ2v) is 6.24. The Morgan fingerprint density at radius 2 is 2.04 bits per heavy atom. The predicted molar refractivity (Wildman–Crippen MR) is 90.0 cm³/mol. The van der Waals surface area contributed by atoms with E-state index in [1.54, 1.807) is 24.4 Å². The molecule has 0 bridgehead atoms. The molecule has 124 valence electrons. The van der Waals surface area contributed by atoms with Crippen molar-refractivity contribution in [3.63, 3.8) is 0 Å². The van der Waals surface area contributed by atoms with Gasteiger partial charge in [-0.25, -0.2) is 9.07 Å². The lowest BCUT2D eigenvalue weighted by atomic mass is 10.3. The van der Waals surface area contributed by atoms with Gasteiger partial charge in [-0.2, -0.15) is 5.10 Å². The number of unbranched alkanes of at least 4 members (excludes halogenated alkanes) is 1. The maximum absolute atomic E-state index is 13.0. The molecule has 2 aromatic heterocycles. The summed E-state index contributed by atoms with van der Waals surface area (Å²) in [7, 11) is 0. The maximum Gasteiger partial charge on any atom is 0.277 e. The van der Waals surface area contributed by atoms with E-state index in [0.717, 1.165) is 24.3 Å². The van der Waals surface area contributed by atoms with Gasteiger partial charge in [-0.05, 0) is 36.8 Å². The van der Waals surface area contributed by atoms with E-state index in [9.17, 15) is 9.18 Å². The molecular formula is C16H16FN5OS. The van der Waals surface area contributed by atoms with Crippen molar-refractivity contribution >= 4 is 22.4 Å². The first-order valence-electron chi connectivity index (χ1n) is 7.61. The minimum Gasteiger partial charge on any atom is -0.295 e. The molecule has 1 N–H and O–H groups in total. The zero-order valence-corrected chi connectivity index (χ0v) is 13.9. The number of hydrogen-bond acceptors (Lipinski definition) is 5. The average molecular weight is 345 g/mol. The second-order valence-electron chi connectivity index (χ2n) is 5.18. The van der Waals surface area contributed by atoms with E-state index in [4.69, 9.17) is 0 Å². The van der Waals surface area contributed by atoms with E-state index < -0.39 is 0 Å². The van der Waals surface area contributed by atoms with Gasteiger partial charge >= 0.3 is 0 Å². The molecule has 0 atom stereocenters. The van der Waals surface area contributed by atoms with Crippen molar-refractivity contribution in [2.45, 2.75) is 26.2 Å². The molecule has 3 aromatic rings. The van der Waals surface area contributed by atoms with Crippen LogP contribution in [0.5, 0.6) is 0 Å². The second kappa shape index (κ2) is 7.31. The minimum atomic E-state index is -0.353. The van der Waals surface area contributed by atoms with Crippen LogP contribution >= 0.6 is 11.3 Å². The van der Waals surface area contributed by atoms with Crippen LogP contribution in [-0.2, 0) is 6.42 Å². The highest BCUT2D eigenvalue weighted by molar-refractivity contribution is 7.15. The van der Waals surface area contributed by atoms with Crippen LogP contribution in [0.2, 0.25) is 0 Å². The molecule has 6 nitrogen and oxygen atoms in total. The number of benzene rings is 1. The van der Waals surface area contributed by atoms with Crippen LogP contribution in [-0.4, -0.2) is 25.9 Å². The van der Waals surface area contributed by atoms with Gasteiger partial charge in [0.25, 0.3) is 5.91 Å². The Kier molecular flexibility index (Phi) is 4.95. The van der Waals surface area contributed by atoms with Gasteiger partial charge in [0, 0.05) is 12.6 Å². The van der Waals surface area contributed by atoms with Crippen LogP contribution < -0.4 is 5.32 Å². The molecule has 0 saturated carbocycles. The number of nitrogens with one attached hydrogen (secondary N) is 1. The van der Waals surface area contributed by atoms with E-state index >= 15 is 0 Å². The lowest BCUT2D eigenvalue weighted by molar-refractivity contribution is 0.102. The van der Waals surface area contributed by atoms with Crippen molar-refractivity contribution in [3.05, 3.63) is 53.0 Å². The number of carbonyl (C=O) groups is 1. The summed E-state index contributed by atoms with van der Waals surface area (Å²) in [4.78, 5) is 12.2. The van der Waals surface area contributed by atoms with Crippen molar-refractivity contribution in [1.82, 2.24) is 20.0 Å². The quantitative estimate of drug-likeness (QED) is 0.742. The van der Waals surface area contributed by atoms with Gasteiger partial charge in [-0.15, -0.1) is 10.2 Å². The molecule has 0 radical (unpaired) electrons. The highest BCUT2D eigenvalue weighted by Gasteiger charge is 2.13. The number of halogens is 1. The monoisotopic (exact) mass is 345 g/mol. The predicted octanol–water partition coefficient (Wildman–Crippen LogP) is 3.46. The molecule has 0 aliphatic carbocycles. The first kappa shape index (κ1) is 16.3. The van der Waals surface area contributed by atoms with Crippen molar-refractivity contribution in [1.29, 1.82) is 0 Å². The number of aryl methyl sites for hydroxylation is 1. The van der Waals surface area contributed by atoms with Gasteiger partial charge in [0.1, 0.15) is 10.8 Å². The van der Waals surface area contributed by atoms with Crippen LogP contribution in [0.25, 0.3) is 5.69 Å². The third-order valence-corrected chi connectivity index (χ3v) is 4.24. The lowest BCUT2D eigenvalue weighted by Crippen LogP contribution is -2.13. The van der Waals surface area contributed by atoms with Crippen LogP contribution in [0, 0.1) is 5.82 Å². The van der Waals surface area contributed by atoms with Crippen LogP contribution in [0.1, 0.15) is 35.3 Å². The van der Waals surface area contributed by atoms with E-state index in [0.29, 0.717) is 10.8 Å². The zero-order chi connectivity index (χ0) is 16.9. The summed E-state index contributed by atoms with van der Waals surface area (Å²) in [5, 5.41) is 16.3. The van der Waals surface area contributed by atoms with Crippen LogP contribution in [0.15, 0.2) is 36.5 Å². The fourth-order valence-electron chi connectivity index (χ4n) is 2.08. The molecule has 0 unspecified atom stereocenters. The summed E-state index contributed by atoms with van der Waals surface area (Å²) in [5.41, 5.74) is 0.929. The third-order valence-electron chi connectivity index (χ3n) is 3.34. The maximum atomic E-state index is 13.0. The highest BCUT2D eigenvalue weighted by atomic mass is 32.1. The summed E-state index contributed by atoms with van der Waals surface area (Å²) >= 11 is 1.37. The van der Waals surface area contributed by atoms with Gasteiger partial charge in [-0.3, -0.25) is 10.1 Å². The average Bonchev–Trinajstić information content (AvgIpc) is 3.23. The molecule has 8 heteroatoms. The lowest BCUT2D eigenvalue weighted by Gasteiger charge is -2.00. The number of hydrogen-bond donors (Lipinski definition) is 1. The summed E-state index contributed by atoms with van der Waals surface area (Å²) in [6, 6.07) is 7.47. The first-order chi connectivity index (χ1) is 11.7. The fourth-order valence-corrected chi connectivity index (χ4v) is 2.85. The Morgan fingerprint density at radius 1 is 1.25 bits per heavy atom. The largest absolute Gasteiger partial charge is 0.295 e. The molecule has 0 spiro atoms. The number of anilines is 1. The third kappa shape index (κ3) is 3.83. The van der Waals surface area contributed by atoms with Gasteiger partial charge < -0.3 is 0 Å². The molecule has 2 heterocycles. The smallest absolute Gasteiger partial charge is 0.277 e. The summed E-state index contributed by atoms with van der Waals surface area (Å²) in [5.74, 6) is -0.673. The molecule has 0 fully saturated rings. The number of aromatic nitrogens is 4. The van der Waals surface area contributed by atoms with E-state index in [-0.39, 0.29) is 17.4 Å². The van der Waals surface area contributed by atoms with Gasteiger partial charge in [0.15, 0.2) is 5.69 Å². The topological polar surface area (TPSA) is 72.7 Å². The Labute approximate surface area is 142 Å². The summed E-state index contributed by atoms with van der Waals surface area (Å²) < 4.78 is 14.5. The molecule has 3 rings (SSSR count). The van der Waals surface area contributed by atoms with Crippen molar-refractivity contribution in [2.75, 3.05) is 5.32 Å². The van der Waals surface area contributed by atoms with E-state index in [1.807, 2.05) is 0 Å². The van der Waals surface area contributed by atoms with E-state index in [2.05, 4.69) is 27.5 Å².